The van der Waals surface area contributed by atoms with Crippen LogP contribution < -0.4 is 27.0 Å². The molecule has 0 aromatic rings. The Hall–Kier alpha value is -1.56. The van der Waals surface area contributed by atoms with E-state index < -0.39 is 0 Å². The van der Waals surface area contributed by atoms with Crippen molar-refractivity contribution in [3.63, 3.8) is 0 Å². The molecule has 2 aliphatic heterocycles. The summed E-state index contributed by atoms with van der Waals surface area (Å²) in [4.78, 5) is 35.2. The highest BCUT2D eigenvalue weighted by atomic mass is 32.2. The first-order chi connectivity index (χ1) is 16.1. The molecule has 6 N–H and O–H groups in total. The van der Waals surface area contributed by atoms with Gasteiger partial charge < -0.3 is 36.5 Å². The maximum absolute atomic E-state index is 12.0. The minimum absolute atomic E-state index is 0.0294. The molecule has 0 spiro atoms. The van der Waals surface area contributed by atoms with Crippen LogP contribution in [-0.2, 0) is 19.1 Å². The molecule has 0 aromatic heterocycles. The Balaban J connectivity index is 1.33. The Morgan fingerprint density at radius 3 is 2.36 bits per heavy atom. The quantitative estimate of drug-likeness (QED) is 0.132. The number of thioether (sulfide) groups is 1. The first-order valence-corrected chi connectivity index (χ1v) is 13.2. The SMILES string of the molecule is NCCOCCOCCNC(=O)CCCCCNC(=O)CCCC[C@@H]1SC[C@@H]2NC(=O)N[C@@H]21. The molecule has 2 aliphatic rings. The number of urea groups is 1. The van der Waals surface area contributed by atoms with Crippen molar-refractivity contribution in [1.82, 2.24) is 21.3 Å². The molecule has 3 atom stereocenters. The Bertz CT molecular complexity index is 598. The molecule has 0 radical (unpaired) electrons. The van der Waals surface area contributed by atoms with Crippen LogP contribution in [0.25, 0.3) is 0 Å². The highest BCUT2D eigenvalue weighted by Gasteiger charge is 2.42. The Morgan fingerprint density at radius 2 is 1.61 bits per heavy atom. The predicted octanol–water partition coefficient (Wildman–Crippen LogP) is 0.497. The van der Waals surface area contributed by atoms with Gasteiger partial charge in [0, 0.05) is 43.5 Å². The fourth-order valence-corrected chi connectivity index (χ4v) is 5.48. The first kappa shape index (κ1) is 27.7. The Kier molecular flexibility index (Phi) is 14.2. The molecule has 2 saturated heterocycles. The van der Waals surface area contributed by atoms with Crippen LogP contribution in [0.4, 0.5) is 4.79 Å². The second-order valence-corrected chi connectivity index (χ2v) is 9.66. The number of hydrogen-bond acceptors (Lipinski definition) is 7. The molecular formula is C22H41N5O5S. The number of ether oxygens (including phenoxy) is 2. The maximum Gasteiger partial charge on any atom is 0.315 e. The van der Waals surface area contributed by atoms with Crippen LogP contribution in [0.5, 0.6) is 0 Å². The van der Waals surface area contributed by atoms with E-state index in [2.05, 4.69) is 21.3 Å². The van der Waals surface area contributed by atoms with Gasteiger partial charge in [-0.2, -0.15) is 11.8 Å². The zero-order valence-electron chi connectivity index (χ0n) is 19.6. The van der Waals surface area contributed by atoms with E-state index in [0.29, 0.717) is 64.2 Å². The molecule has 0 aliphatic carbocycles. The lowest BCUT2D eigenvalue weighted by Gasteiger charge is -2.16. The second-order valence-electron chi connectivity index (χ2n) is 8.39. The van der Waals surface area contributed by atoms with Gasteiger partial charge in [0.1, 0.15) is 0 Å². The number of nitrogens with one attached hydrogen (secondary N) is 4. The van der Waals surface area contributed by atoms with E-state index in [1.54, 1.807) is 0 Å². The average molecular weight is 488 g/mol. The van der Waals surface area contributed by atoms with Gasteiger partial charge in [-0.1, -0.05) is 12.8 Å². The monoisotopic (exact) mass is 487 g/mol. The van der Waals surface area contributed by atoms with Gasteiger partial charge in [-0.3, -0.25) is 9.59 Å². The highest BCUT2D eigenvalue weighted by molar-refractivity contribution is 8.00. The smallest absolute Gasteiger partial charge is 0.315 e. The summed E-state index contributed by atoms with van der Waals surface area (Å²) in [6.45, 7) is 3.67. The fraction of sp³-hybridized carbons (Fsp3) is 0.864. The summed E-state index contributed by atoms with van der Waals surface area (Å²) in [6.07, 6.45) is 6.51. The summed E-state index contributed by atoms with van der Waals surface area (Å²) in [7, 11) is 0. The van der Waals surface area contributed by atoms with Crippen LogP contribution >= 0.6 is 11.8 Å². The summed E-state index contributed by atoms with van der Waals surface area (Å²) in [6, 6.07) is 0.438. The molecule has 0 saturated carbocycles. The van der Waals surface area contributed by atoms with E-state index in [9.17, 15) is 14.4 Å². The standard InChI is InChI=1S/C22H41N5O5S/c23-9-12-31-14-15-32-13-11-25-20(29)7-2-1-5-10-24-19(28)8-4-3-6-18-21-17(16-33-18)26-22(30)27-21/h17-18,21H,1-16,23H2,(H,24,28)(H,25,29)(H2,26,27,30)/t17-,18-,21-/m0/s1. The lowest BCUT2D eigenvalue weighted by Crippen LogP contribution is -2.36. The van der Waals surface area contributed by atoms with Gasteiger partial charge in [0.25, 0.3) is 0 Å². The number of nitrogens with two attached hydrogens (primary N) is 1. The molecule has 0 unspecified atom stereocenters. The molecule has 33 heavy (non-hydrogen) atoms. The molecule has 190 valence electrons. The Morgan fingerprint density at radius 1 is 0.909 bits per heavy atom. The number of fused-ring (bicyclic) bond motifs is 1. The number of carbonyl (C=O) groups is 3. The van der Waals surface area contributed by atoms with Crippen molar-refractivity contribution in [2.75, 3.05) is 51.8 Å². The molecule has 0 aromatic carbocycles. The molecule has 0 bridgehead atoms. The van der Waals surface area contributed by atoms with Crippen molar-refractivity contribution in [1.29, 1.82) is 0 Å². The number of carbonyl (C=O) groups excluding carboxylic acids is 3. The summed E-state index contributed by atoms with van der Waals surface area (Å²) < 4.78 is 10.5. The topological polar surface area (TPSA) is 144 Å². The number of unbranched alkanes of at least 4 members (excludes halogenated alkanes) is 3. The first-order valence-electron chi connectivity index (χ1n) is 12.2. The van der Waals surface area contributed by atoms with E-state index >= 15 is 0 Å². The van der Waals surface area contributed by atoms with Gasteiger partial charge in [-0.25, -0.2) is 4.79 Å². The summed E-state index contributed by atoms with van der Waals surface area (Å²) in [5, 5.41) is 12.2. The van der Waals surface area contributed by atoms with Crippen molar-refractivity contribution in [2.45, 2.75) is 68.7 Å². The average Bonchev–Trinajstić information content (AvgIpc) is 3.34. The van der Waals surface area contributed by atoms with Gasteiger partial charge in [0.15, 0.2) is 0 Å². The van der Waals surface area contributed by atoms with Crippen LogP contribution in [0.1, 0.15) is 51.4 Å². The Labute approximate surface area is 201 Å². The zero-order valence-corrected chi connectivity index (χ0v) is 20.4. The molecule has 2 rings (SSSR count). The lowest BCUT2D eigenvalue weighted by molar-refractivity contribution is -0.122. The highest BCUT2D eigenvalue weighted by Crippen LogP contribution is 2.33. The second kappa shape index (κ2) is 17.0. The van der Waals surface area contributed by atoms with Gasteiger partial charge in [-0.15, -0.1) is 0 Å². The molecule has 4 amide bonds. The van der Waals surface area contributed by atoms with E-state index in [1.165, 1.54) is 0 Å². The third-order valence-electron chi connectivity index (χ3n) is 5.69. The minimum Gasteiger partial charge on any atom is -0.378 e. The normalized spacial score (nSPS) is 21.4. The minimum atomic E-state index is -0.0545. The number of rotatable bonds is 19. The zero-order chi connectivity index (χ0) is 23.7. The fourth-order valence-electron chi connectivity index (χ4n) is 3.93. The maximum atomic E-state index is 12.0. The van der Waals surface area contributed by atoms with Crippen LogP contribution in [0.2, 0.25) is 0 Å². The van der Waals surface area contributed by atoms with Crippen molar-refractivity contribution in [3.05, 3.63) is 0 Å². The summed E-state index contributed by atoms with van der Waals surface area (Å²) in [5.74, 6) is 1.09. The third kappa shape index (κ3) is 11.9. The van der Waals surface area contributed by atoms with E-state index in [-0.39, 0.29) is 29.9 Å². The van der Waals surface area contributed by atoms with Crippen LogP contribution in [0.15, 0.2) is 0 Å². The predicted molar refractivity (Wildman–Crippen MR) is 129 cm³/mol. The number of hydrogen-bond donors (Lipinski definition) is 5. The van der Waals surface area contributed by atoms with Gasteiger partial charge in [0.2, 0.25) is 11.8 Å². The summed E-state index contributed by atoms with van der Waals surface area (Å²) in [5.41, 5.74) is 5.32. The third-order valence-corrected chi connectivity index (χ3v) is 7.19. The van der Waals surface area contributed by atoms with Crippen LogP contribution in [-0.4, -0.2) is 87.0 Å². The molecule has 2 fully saturated rings. The van der Waals surface area contributed by atoms with Crippen molar-refractivity contribution in [3.8, 4) is 0 Å². The van der Waals surface area contributed by atoms with Crippen molar-refractivity contribution < 1.29 is 23.9 Å². The molecule has 10 nitrogen and oxygen atoms in total. The van der Waals surface area contributed by atoms with Crippen LogP contribution in [0, 0.1) is 0 Å². The van der Waals surface area contributed by atoms with Crippen LogP contribution in [0.3, 0.4) is 0 Å². The van der Waals surface area contributed by atoms with Gasteiger partial charge in [0.05, 0.1) is 38.5 Å². The van der Waals surface area contributed by atoms with E-state index in [0.717, 1.165) is 44.3 Å². The molecule has 2 heterocycles. The van der Waals surface area contributed by atoms with Crippen molar-refractivity contribution >= 4 is 29.6 Å². The lowest BCUT2D eigenvalue weighted by atomic mass is 10.0. The van der Waals surface area contributed by atoms with E-state index in [4.69, 9.17) is 15.2 Å². The molecule has 11 heteroatoms. The van der Waals surface area contributed by atoms with Crippen molar-refractivity contribution in [2.24, 2.45) is 5.73 Å². The number of amides is 4. The molecular weight excluding hydrogens is 446 g/mol. The van der Waals surface area contributed by atoms with E-state index in [1.807, 2.05) is 11.8 Å². The van der Waals surface area contributed by atoms with Gasteiger partial charge in [-0.05, 0) is 25.7 Å². The van der Waals surface area contributed by atoms with Gasteiger partial charge >= 0.3 is 6.03 Å². The largest absolute Gasteiger partial charge is 0.378 e. The summed E-state index contributed by atoms with van der Waals surface area (Å²) >= 11 is 1.91.